The largest absolute Gasteiger partial charge is 0.243 e. The van der Waals surface area contributed by atoms with E-state index in [1.807, 2.05) is 5.38 Å². The number of hydrogen-bond donors (Lipinski definition) is 0. The first-order valence-electron chi connectivity index (χ1n) is 3.23. The van der Waals surface area contributed by atoms with Crippen molar-refractivity contribution in [3.63, 3.8) is 0 Å². The third-order valence-electron chi connectivity index (χ3n) is 1.14. The van der Waals surface area contributed by atoms with Crippen molar-refractivity contribution < 1.29 is 0 Å². The molecule has 0 aliphatic rings. The van der Waals surface area contributed by atoms with Gasteiger partial charge >= 0.3 is 0 Å². The molecule has 0 unspecified atom stereocenters. The molecule has 12 heavy (non-hydrogen) atoms. The molecule has 0 saturated carbocycles. The van der Waals surface area contributed by atoms with E-state index in [9.17, 15) is 0 Å². The number of nitrogens with zero attached hydrogens (tertiary/aromatic N) is 5. The Kier molecular flexibility index (Phi) is 1.91. The van der Waals surface area contributed by atoms with Crippen molar-refractivity contribution in [3.05, 3.63) is 29.2 Å². The van der Waals surface area contributed by atoms with Gasteiger partial charge < -0.3 is 0 Å². The zero-order valence-electron chi connectivity index (χ0n) is 6.03. The first kappa shape index (κ1) is 7.11. The average Bonchev–Trinajstić information content (AvgIpc) is 2.74. The minimum absolute atomic E-state index is 0.852. The fourth-order valence-corrected chi connectivity index (χ4v) is 1.16. The molecular formula is C6H5N5S. The second kappa shape index (κ2) is 3.22. The number of aromatic nitrogens is 4. The lowest BCUT2D eigenvalue weighted by Crippen LogP contribution is -1.89. The van der Waals surface area contributed by atoms with E-state index >= 15 is 0 Å². The van der Waals surface area contributed by atoms with Crippen molar-refractivity contribution in [3.8, 4) is 0 Å². The summed E-state index contributed by atoms with van der Waals surface area (Å²) in [7, 11) is 0. The average molecular weight is 179 g/mol. The molecule has 0 saturated heterocycles. The lowest BCUT2D eigenvalue weighted by atomic mass is 10.8. The van der Waals surface area contributed by atoms with Crippen LogP contribution in [0.2, 0.25) is 0 Å². The summed E-state index contributed by atoms with van der Waals surface area (Å²) < 4.78 is 0. The Hall–Kier alpha value is -1.56. The van der Waals surface area contributed by atoms with Crippen molar-refractivity contribution in [1.82, 2.24) is 19.9 Å². The molecule has 6 heteroatoms. The van der Waals surface area contributed by atoms with Crippen LogP contribution in [0.4, 0.5) is 0 Å². The van der Waals surface area contributed by atoms with E-state index in [2.05, 4.69) is 20.2 Å². The highest BCUT2D eigenvalue weighted by Gasteiger charge is 1.88. The summed E-state index contributed by atoms with van der Waals surface area (Å²) in [4.78, 5) is 9.14. The van der Waals surface area contributed by atoms with Gasteiger partial charge in [0.15, 0.2) is 0 Å². The van der Waals surface area contributed by atoms with Crippen LogP contribution in [0.25, 0.3) is 0 Å². The molecule has 0 aliphatic heterocycles. The zero-order chi connectivity index (χ0) is 8.23. The molecule has 0 aliphatic carbocycles. The minimum atomic E-state index is 0.852. The molecular weight excluding hydrogens is 174 g/mol. The van der Waals surface area contributed by atoms with Gasteiger partial charge in [0, 0.05) is 11.6 Å². The third-order valence-corrected chi connectivity index (χ3v) is 1.85. The van der Waals surface area contributed by atoms with Crippen LogP contribution in [-0.2, 0) is 0 Å². The molecule has 0 N–H and O–H groups in total. The highest BCUT2D eigenvalue weighted by Crippen LogP contribution is 1.99. The van der Waals surface area contributed by atoms with Crippen LogP contribution < -0.4 is 0 Å². The molecule has 60 valence electrons. The third kappa shape index (κ3) is 1.54. The summed E-state index contributed by atoms with van der Waals surface area (Å²) in [6.07, 6.45) is 6.32. The number of thiazole rings is 1. The Morgan fingerprint density at radius 1 is 1.58 bits per heavy atom. The van der Waals surface area contributed by atoms with E-state index in [0.717, 1.165) is 5.01 Å². The van der Waals surface area contributed by atoms with Gasteiger partial charge in [-0.1, -0.05) is 0 Å². The second-order valence-electron chi connectivity index (χ2n) is 1.93. The fourth-order valence-electron chi connectivity index (χ4n) is 0.668. The summed E-state index contributed by atoms with van der Waals surface area (Å²) in [5.41, 5.74) is 0. The van der Waals surface area contributed by atoms with Crippen LogP contribution in [0.5, 0.6) is 0 Å². The van der Waals surface area contributed by atoms with Crippen molar-refractivity contribution in [1.29, 1.82) is 0 Å². The highest BCUT2D eigenvalue weighted by atomic mass is 32.1. The van der Waals surface area contributed by atoms with Gasteiger partial charge in [-0.05, 0) is 0 Å². The van der Waals surface area contributed by atoms with Crippen molar-refractivity contribution in [2.75, 3.05) is 0 Å². The molecule has 0 spiro atoms. The van der Waals surface area contributed by atoms with Gasteiger partial charge in [0.25, 0.3) is 0 Å². The first-order chi connectivity index (χ1) is 5.95. The van der Waals surface area contributed by atoms with Crippen LogP contribution in [0.3, 0.4) is 0 Å². The van der Waals surface area contributed by atoms with Gasteiger partial charge in [-0.15, -0.1) is 21.2 Å². The predicted octanol–water partition coefficient (Wildman–Crippen LogP) is 0.617. The van der Waals surface area contributed by atoms with Crippen molar-refractivity contribution in [2.24, 2.45) is 5.10 Å². The predicted molar refractivity (Wildman–Crippen MR) is 45.1 cm³/mol. The topological polar surface area (TPSA) is 56.0 Å². The number of rotatable bonds is 2. The van der Waals surface area contributed by atoms with Gasteiger partial charge in [0.05, 0.1) is 6.21 Å². The lowest BCUT2D eigenvalue weighted by Gasteiger charge is -1.84. The first-order valence-corrected chi connectivity index (χ1v) is 4.11. The lowest BCUT2D eigenvalue weighted by molar-refractivity contribution is 0.743. The quantitative estimate of drug-likeness (QED) is 0.635. The molecule has 5 nitrogen and oxygen atoms in total. The standard InChI is InChI=1S/C6H5N5S/c1-2-12-6(8-1)3-9-11-5-7-4-10-11/h1-5H/b9-3+. The summed E-state index contributed by atoms with van der Waals surface area (Å²) in [5.74, 6) is 0. The van der Waals surface area contributed by atoms with Gasteiger partial charge in [-0.3, -0.25) is 0 Å². The molecule has 0 fully saturated rings. The monoisotopic (exact) mass is 179 g/mol. The van der Waals surface area contributed by atoms with Crippen LogP contribution in [-0.4, -0.2) is 26.1 Å². The van der Waals surface area contributed by atoms with Crippen LogP contribution in [0.15, 0.2) is 29.3 Å². The minimum Gasteiger partial charge on any atom is -0.243 e. The zero-order valence-corrected chi connectivity index (χ0v) is 6.85. The Morgan fingerprint density at radius 2 is 2.58 bits per heavy atom. The smallest absolute Gasteiger partial charge is 0.139 e. The molecule has 0 atom stereocenters. The van der Waals surface area contributed by atoms with E-state index < -0.39 is 0 Å². The second-order valence-corrected chi connectivity index (χ2v) is 2.86. The molecule has 2 rings (SSSR count). The Balaban J connectivity index is 2.14. The van der Waals surface area contributed by atoms with E-state index in [1.165, 1.54) is 28.8 Å². The van der Waals surface area contributed by atoms with Crippen molar-refractivity contribution >= 4 is 17.6 Å². The maximum Gasteiger partial charge on any atom is 0.139 e. The highest BCUT2D eigenvalue weighted by molar-refractivity contribution is 7.11. The molecule has 0 amide bonds. The van der Waals surface area contributed by atoms with Gasteiger partial charge in [-0.25, -0.2) is 9.97 Å². The van der Waals surface area contributed by atoms with E-state index in [0.29, 0.717) is 0 Å². The Labute approximate surface area is 72.4 Å². The summed E-state index contributed by atoms with van der Waals surface area (Å²) >= 11 is 1.52. The molecule has 2 aromatic rings. The maximum absolute atomic E-state index is 4.02. The normalized spacial score (nSPS) is 11.0. The summed E-state index contributed by atoms with van der Waals surface area (Å²) in [6, 6.07) is 0. The summed E-state index contributed by atoms with van der Waals surface area (Å²) in [5, 5.41) is 10.5. The van der Waals surface area contributed by atoms with Gasteiger partial charge in [-0.2, -0.15) is 5.10 Å². The van der Waals surface area contributed by atoms with Crippen LogP contribution >= 0.6 is 11.3 Å². The van der Waals surface area contributed by atoms with Crippen LogP contribution in [0, 0.1) is 0 Å². The maximum atomic E-state index is 4.02. The van der Waals surface area contributed by atoms with Crippen LogP contribution in [0.1, 0.15) is 5.01 Å². The summed E-state index contributed by atoms with van der Waals surface area (Å²) in [6.45, 7) is 0. The molecule has 2 heterocycles. The fraction of sp³-hybridized carbons (Fsp3) is 0. The van der Waals surface area contributed by atoms with E-state index in [-0.39, 0.29) is 0 Å². The van der Waals surface area contributed by atoms with Gasteiger partial charge in [0.2, 0.25) is 0 Å². The SMILES string of the molecule is C(=N\n1cncn1)/c1nccs1. The van der Waals surface area contributed by atoms with Gasteiger partial charge in [0.1, 0.15) is 17.7 Å². The Bertz CT molecular complexity index is 313. The Morgan fingerprint density at radius 3 is 3.25 bits per heavy atom. The molecule has 2 aromatic heterocycles. The number of hydrogen-bond acceptors (Lipinski definition) is 5. The molecule has 0 radical (unpaired) electrons. The van der Waals surface area contributed by atoms with Crippen molar-refractivity contribution in [2.45, 2.75) is 0 Å². The van der Waals surface area contributed by atoms with E-state index in [4.69, 9.17) is 0 Å². The molecule has 0 aromatic carbocycles. The van der Waals surface area contributed by atoms with E-state index in [1.54, 1.807) is 12.4 Å². The molecule has 0 bridgehead atoms.